The van der Waals surface area contributed by atoms with Crippen LogP contribution in [0.2, 0.25) is 0 Å². The van der Waals surface area contributed by atoms with Crippen LogP contribution in [0.3, 0.4) is 0 Å². The molecule has 1 aliphatic rings. The van der Waals surface area contributed by atoms with Gasteiger partial charge in [-0.25, -0.2) is 8.42 Å². The maximum absolute atomic E-state index is 13.0. The van der Waals surface area contributed by atoms with E-state index < -0.39 is 30.9 Å². The van der Waals surface area contributed by atoms with Gasteiger partial charge in [-0.15, -0.1) is 7.48 Å². The first kappa shape index (κ1) is 19.0. The highest BCUT2D eigenvalue weighted by molar-refractivity contribution is 8.06. The second kappa shape index (κ2) is 7.43. The largest absolute Gasteiger partial charge is 0.289 e. The van der Waals surface area contributed by atoms with Crippen molar-refractivity contribution in [1.82, 2.24) is 3.71 Å². The van der Waals surface area contributed by atoms with E-state index in [0.29, 0.717) is 0 Å². The second-order valence-electron chi connectivity index (χ2n) is 5.70. The molecule has 0 N–H and O–H groups in total. The zero-order chi connectivity index (χ0) is 18.8. The first-order valence-electron chi connectivity index (χ1n) is 7.78. The maximum Gasteiger partial charge on any atom is 0.289 e. The molecule has 2 aromatic rings. The zero-order valence-electron chi connectivity index (χ0n) is 14.0. The highest BCUT2D eigenvalue weighted by Crippen LogP contribution is 2.24. The number of benzene rings is 2. The van der Waals surface area contributed by atoms with Crippen LogP contribution in [0, 0.1) is 0 Å². The van der Waals surface area contributed by atoms with Gasteiger partial charge >= 0.3 is 0 Å². The van der Waals surface area contributed by atoms with Crippen molar-refractivity contribution in [3.05, 3.63) is 72.3 Å². The predicted octanol–water partition coefficient (Wildman–Crippen LogP) is 2.74. The fraction of sp³-hybridized carbons (Fsp3) is 0.176. The molecule has 0 spiro atoms. The number of hydrogen-bond acceptors (Lipinski definition) is 4. The predicted molar refractivity (Wildman–Crippen MR) is 102 cm³/mol. The van der Waals surface area contributed by atoms with Gasteiger partial charge in [0.2, 0.25) is 0 Å². The molecule has 0 saturated heterocycles. The Morgan fingerprint density at radius 1 is 0.885 bits per heavy atom. The van der Waals surface area contributed by atoms with Gasteiger partial charge in [-0.1, -0.05) is 48.0 Å². The molecule has 0 saturated carbocycles. The molecule has 6 nitrogen and oxygen atoms in total. The molecule has 2 aromatic carbocycles. The van der Waals surface area contributed by atoms with Crippen molar-refractivity contribution in [2.45, 2.75) is 16.7 Å². The monoisotopic (exact) mass is 410 g/mol. The molecule has 3 rings (SSSR count). The summed E-state index contributed by atoms with van der Waals surface area (Å²) in [5.41, 5.74) is 0.917. The highest BCUT2D eigenvalue weighted by atomic mass is 32.3. The Bertz CT molecular complexity index is 1060. The van der Waals surface area contributed by atoms with Crippen LogP contribution >= 0.6 is 0 Å². The number of nitrogens with zero attached hydrogens (tertiary/aromatic N) is 2. The van der Waals surface area contributed by atoms with Crippen molar-refractivity contribution in [3.63, 3.8) is 0 Å². The molecule has 26 heavy (non-hydrogen) atoms. The normalized spacial score (nSPS) is 19.3. The van der Waals surface area contributed by atoms with E-state index in [0.717, 1.165) is 9.28 Å². The minimum atomic E-state index is -3.95. The number of rotatable bonds is 4. The van der Waals surface area contributed by atoms with Crippen molar-refractivity contribution < 1.29 is 16.8 Å². The summed E-state index contributed by atoms with van der Waals surface area (Å²) >= 11 is 0. The molecule has 0 amide bonds. The van der Waals surface area contributed by atoms with E-state index in [1.807, 2.05) is 6.92 Å². The van der Waals surface area contributed by atoms with E-state index >= 15 is 0 Å². The molecule has 1 atom stereocenters. The van der Waals surface area contributed by atoms with Crippen LogP contribution in [0.15, 0.2) is 85.9 Å². The minimum Gasteiger partial charge on any atom is -0.206 e. The molecule has 1 unspecified atom stereocenters. The molecule has 1 aliphatic heterocycles. The van der Waals surface area contributed by atoms with Crippen molar-refractivity contribution >= 4 is 30.9 Å². The van der Waals surface area contributed by atoms with Crippen LogP contribution in [0.5, 0.6) is 0 Å². The molecule has 0 bridgehead atoms. The Morgan fingerprint density at radius 3 is 2.00 bits per heavy atom. The molecule has 0 radical (unpaired) electrons. The SMILES string of the molecule is CC1=CCN(S(=O)(=O)c2ccccc2)S(=NS(=O)(=O)c2ccccc2)C1. The van der Waals surface area contributed by atoms with E-state index in [2.05, 4.69) is 3.77 Å². The lowest BCUT2D eigenvalue weighted by Crippen LogP contribution is -2.37. The summed E-state index contributed by atoms with van der Waals surface area (Å²) < 4.78 is 56.3. The third kappa shape index (κ3) is 3.96. The highest BCUT2D eigenvalue weighted by Gasteiger charge is 2.31. The van der Waals surface area contributed by atoms with E-state index in [1.165, 1.54) is 24.3 Å². The van der Waals surface area contributed by atoms with Gasteiger partial charge in [-0.05, 0) is 31.2 Å². The Balaban J connectivity index is 2.08. The number of hydrogen-bond donors (Lipinski definition) is 0. The second-order valence-corrected chi connectivity index (χ2v) is 11.2. The first-order valence-corrected chi connectivity index (χ1v) is 12.0. The van der Waals surface area contributed by atoms with Crippen molar-refractivity contribution in [2.75, 3.05) is 12.3 Å². The smallest absolute Gasteiger partial charge is 0.206 e. The van der Waals surface area contributed by atoms with Gasteiger partial charge in [-0.3, -0.25) is 0 Å². The van der Waals surface area contributed by atoms with E-state index in [-0.39, 0.29) is 22.1 Å². The first-order chi connectivity index (χ1) is 12.3. The number of sulfonamides is 2. The summed E-state index contributed by atoms with van der Waals surface area (Å²) in [5, 5.41) is 0. The van der Waals surface area contributed by atoms with Crippen LogP contribution in [-0.4, -0.2) is 32.8 Å². The summed E-state index contributed by atoms with van der Waals surface area (Å²) in [7, 11) is -9.14. The van der Waals surface area contributed by atoms with Crippen LogP contribution in [0.25, 0.3) is 0 Å². The lowest BCUT2D eigenvalue weighted by molar-refractivity contribution is 0.552. The van der Waals surface area contributed by atoms with Crippen LogP contribution < -0.4 is 0 Å². The minimum absolute atomic E-state index is 0.0526. The average Bonchev–Trinajstić information content (AvgIpc) is 2.63. The van der Waals surface area contributed by atoms with Crippen molar-refractivity contribution in [3.8, 4) is 0 Å². The lowest BCUT2D eigenvalue weighted by Gasteiger charge is -2.27. The van der Waals surface area contributed by atoms with Crippen LogP contribution in [0.1, 0.15) is 6.92 Å². The average molecular weight is 411 g/mol. The van der Waals surface area contributed by atoms with E-state index in [9.17, 15) is 16.8 Å². The Kier molecular flexibility index (Phi) is 5.42. The summed E-state index contributed by atoms with van der Waals surface area (Å²) in [4.78, 5) is 0.175. The molecular weight excluding hydrogens is 392 g/mol. The molecule has 1 heterocycles. The van der Waals surface area contributed by atoms with Crippen molar-refractivity contribution in [1.29, 1.82) is 0 Å². The Hall–Kier alpha value is -1.81. The van der Waals surface area contributed by atoms with Gasteiger partial charge in [0.15, 0.2) is 0 Å². The third-order valence-corrected chi connectivity index (χ3v) is 10.0. The van der Waals surface area contributed by atoms with Gasteiger partial charge in [0, 0.05) is 23.2 Å². The molecule has 0 aliphatic carbocycles. The quantitative estimate of drug-likeness (QED) is 0.726. The summed E-state index contributed by atoms with van der Waals surface area (Å²) in [5.74, 6) is 0.262. The van der Waals surface area contributed by atoms with E-state index in [4.69, 9.17) is 0 Å². The molecule has 0 aromatic heterocycles. The summed E-state index contributed by atoms with van der Waals surface area (Å²) in [6.45, 7) is 1.94. The lowest BCUT2D eigenvalue weighted by atomic mass is 10.3. The van der Waals surface area contributed by atoms with Gasteiger partial charge in [0.1, 0.15) is 0 Å². The molecule has 0 fully saturated rings. The fourth-order valence-electron chi connectivity index (χ4n) is 2.38. The van der Waals surface area contributed by atoms with Crippen LogP contribution in [0.4, 0.5) is 0 Å². The molecular formula is C17H18N2O4S3. The van der Waals surface area contributed by atoms with E-state index in [1.54, 1.807) is 42.5 Å². The fourth-order valence-corrected chi connectivity index (χ4v) is 8.13. The van der Waals surface area contributed by atoms with Gasteiger partial charge in [0.05, 0.1) is 9.79 Å². The van der Waals surface area contributed by atoms with Gasteiger partial charge in [0.25, 0.3) is 20.0 Å². The molecule has 9 heteroatoms. The van der Waals surface area contributed by atoms with Gasteiger partial charge in [-0.2, -0.15) is 8.42 Å². The van der Waals surface area contributed by atoms with Crippen LogP contribution in [-0.2, 0) is 30.9 Å². The summed E-state index contributed by atoms with van der Waals surface area (Å²) in [6.07, 6.45) is 1.79. The standard InChI is InChI=1S/C17H18N2O4S3/c1-15-12-13-19(26(22,23)17-10-6-3-7-11-17)24(14-15)18-25(20,21)16-8-4-2-5-9-16/h2-12H,13-14H2,1H3. The topological polar surface area (TPSA) is 83.9 Å². The third-order valence-electron chi connectivity index (χ3n) is 3.72. The summed E-state index contributed by atoms with van der Waals surface area (Å²) in [6, 6.07) is 15.8. The maximum atomic E-state index is 13.0. The van der Waals surface area contributed by atoms with Crippen molar-refractivity contribution in [2.24, 2.45) is 3.77 Å². The Morgan fingerprint density at radius 2 is 1.42 bits per heavy atom. The Labute approximate surface area is 156 Å². The zero-order valence-corrected chi connectivity index (χ0v) is 16.5. The molecule has 138 valence electrons. The van der Waals surface area contributed by atoms with Gasteiger partial charge < -0.3 is 0 Å².